The summed E-state index contributed by atoms with van der Waals surface area (Å²) in [6.45, 7) is 3.29. The number of halogens is 3. The van der Waals surface area contributed by atoms with Gasteiger partial charge in [-0.1, -0.05) is 30.1 Å². The van der Waals surface area contributed by atoms with Gasteiger partial charge in [0.1, 0.15) is 6.04 Å². The van der Waals surface area contributed by atoms with Crippen LogP contribution in [0.5, 0.6) is 0 Å². The molecule has 1 saturated heterocycles. The van der Waals surface area contributed by atoms with Crippen molar-refractivity contribution in [2.45, 2.75) is 38.1 Å². The first-order valence-electron chi connectivity index (χ1n) is 9.73. The summed E-state index contributed by atoms with van der Waals surface area (Å²) in [4.78, 5) is 22.5. The summed E-state index contributed by atoms with van der Waals surface area (Å²) < 4.78 is 1.52. The Hall–Kier alpha value is -1.93. The van der Waals surface area contributed by atoms with E-state index in [9.17, 15) is 9.90 Å². The van der Waals surface area contributed by atoms with E-state index in [1.54, 1.807) is 24.3 Å². The van der Waals surface area contributed by atoms with Gasteiger partial charge in [0, 0.05) is 22.6 Å². The van der Waals surface area contributed by atoms with Gasteiger partial charge >= 0.3 is 5.97 Å². The van der Waals surface area contributed by atoms with Crippen LogP contribution in [0.2, 0.25) is 15.3 Å². The van der Waals surface area contributed by atoms with Crippen LogP contribution >= 0.6 is 34.8 Å². The number of aliphatic carboxylic acids is 1. The maximum Gasteiger partial charge on any atom is 0.320 e. The lowest BCUT2D eigenvalue weighted by atomic mass is 9.94. The van der Waals surface area contributed by atoms with E-state index in [2.05, 4.69) is 15.1 Å². The second kappa shape index (κ2) is 8.67. The Morgan fingerprint density at radius 3 is 2.57 bits per heavy atom. The van der Waals surface area contributed by atoms with Crippen LogP contribution in [0.15, 0.2) is 24.3 Å². The molecule has 1 aliphatic heterocycles. The molecule has 158 valence electrons. The molecule has 1 N–H and O–H groups in total. The molecular weight excluding hydrogens is 449 g/mol. The van der Waals surface area contributed by atoms with Gasteiger partial charge in [-0.05, 0) is 62.2 Å². The highest BCUT2D eigenvalue weighted by molar-refractivity contribution is 6.36. The van der Waals surface area contributed by atoms with Crippen LogP contribution in [-0.4, -0.2) is 54.7 Å². The summed E-state index contributed by atoms with van der Waals surface area (Å²) in [5.74, 6) is 0.0696. The number of aromatic nitrogens is 4. The van der Waals surface area contributed by atoms with E-state index in [0.717, 1.165) is 12.8 Å². The second-order valence-corrected chi connectivity index (χ2v) is 8.53. The van der Waals surface area contributed by atoms with E-state index in [0.29, 0.717) is 52.3 Å². The first kappa shape index (κ1) is 21.3. The third-order valence-electron chi connectivity index (χ3n) is 5.52. The summed E-state index contributed by atoms with van der Waals surface area (Å²) in [6.07, 6.45) is 2.17. The number of carbonyl (C=O) groups is 1. The summed E-state index contributed by atoms with van der Waals surface area (Å²) in [7, 11) is 0. The monoisotopic (exact) mass is 467 g/mol. The lowest BCUT2D eigenvalue weighted by Gasteiger charge is -2.34. The van der Waals surface area contributed by atoms with Crippen molar-refractivity contribution in [3.8, 4) is 11.3 Å². The van der Waals surface area contributed by atoms with Gasteiger partial charge in [-0.3, -0.25) is 9.69 Å². The third-order valence-corrected chi connectivity index (χ3v) is 6.31. The van der Waals surface area contributed by atoms with Crippen molar-refractivity contribution in [1.82, 2.24) is 24.5 Å². The lowest BCUT2D eigenvalue weighted by Crippen LogP contribution is -2.45. The molecule has 0 bridgehead atoms. The Morgan fingerprint density at radius 2 is 1.93 bits per heavy atom. The van der Waals surface area contributed by atoms with Crippen molar-refractivity contribution in [2.75, 3.05) is 13.1 Å². The molecule has 3 aromatic rings. The Morgan fingerprint density at radius 1 is 1.20 bits per heavy atom. The van der Waals surface area contributed by atoms with Gasteiger partial charge in [-0.25, -0.2) is 9.97 Å². The number of fused-ring (bicyclic) bond motifs is 1. The van der Waals surface area contributed by atoms with Crippen LogP contribution in [0.1, 0.15) is 37.9 Å². The molecule has 0 amide bonds. The molecule has 1 aliphatic rings. The molecule has 0 saturated carbocycles. The molecule has 1 unspecified atom stereocenters. The van der Waals surface area contributed by atoms with E-state index in [-0.39, 0.29) is 11.2 Å². The highest BCUT2D eigenvalue weighted by Gasteiger charge is 2.30. The summed E-state index contributed by atoms with van der Waals surface area (Å²) in [5, 5.41) is 15.2. The fourth-order valence-electron chi connectivity index (χ4n) is 3.94. The second-order valence-electron chi connectivity index (χ2n) is 7.35. The number of nitrogens with zero attached hydrogens (tertiary/aromatic N) is 5. The molecule has 4 rings (SSSR count). The van der Waals surface area contributed by atoms with Crippen molar-refractivity contribution in [3.63, 3.8) is 0 Å². The normalized spacial score (nSPS) is 16.8. The van der Waals surface area contributed by atoms with Crippen molar-refractivity contribution in [1.29, 1.82) is 0 Å². The van der Waals surface area contributed by atoms with Gasteiger partial charge in [0.25, 0.3) is 0 Å². The van der Waals surface area contributed by atoms with E-state index >= 15 is 0 Å². The van der Waals surface area contributed by atoms with E-state index < -0.39 is 12.0 Å². The van der Waals surface area contributed by atoms with E-state index in [1.807, 2.05) is 11.8 Å². The zero-order valence-corrected chi connectivity index (χ0v) is 18.5. The van der Waals surface area contributed by atoms with Gasteiger partial charge in [-0.2, -0.15) is 4.52 Å². The molecule has 0 spiro atoms. The quantitative estimate of drug-likeness (QED) is 0.542. The molecular formula is C20H20Cl3N5O2. The number of benzene rings is 1. The molecule has 1 aromatic carbocycles. The fourth-order valence-corrected chi connectivity index (χ4v) is 4.66. The van der Waals surface area contributed by atoms with Gasteiger partial charge in [-0.15, -0.1) is 5.10 Å². The maximum atomic E-state index is 11.4. The van der Waals surface area contributed by atoms with Gasteiger partial charge in [0.2, 0.25) is 5.28 Å². The summed E-state index contributed by atoms with van der Waals surface area (Å²) >= 11 is 18.7. The van der Waals surface area contributed by atoms with Crippen molar-refractivity contribution < 1.29 is 9.90 Å². The lowest BCUT2D eigenvalue weighted by molar-refractivity contribution is -0.143. The number of likely N-dealkylation sites (tertiary alicyclic amines) is 1. The van der Waals surface area contributed by atoms with Gasteiger partial charge in [0.15, 0.2) is 11.5 Å². The minimum atomic E-state index is -0.770. The van der Waals surface area contributed by atoms with Crippen molar-refractivity contribution >= 4 is 46.4 Å². The van der Waals surface area contributed by atoms with Crippen LogP contribution in [0.4, 0.5) is 0 Å². The first-order valence-corrected chi connectivity index (χ1v) is 10.9. The average Bonchev–Trinajstić information content (AvgIpc) is 3.13. The number of carboxylic acid groups (broad SMARTS) is 1. The van der Waals surface area contributed by atoms with Crippen LogP contribution in [-0.2, 0) is 4.79 Å². The largest absolute Gasteiger partial charge is 0.480 e. The third kappa shape index (κ3) is 4.12. The highest BCUT2D eigenvalue weighted by atomic mass is 35.5. The van der Waals surface area contributed by atoms with E-state index in [4.69, 9.17) is 34.8 Å². The Balaban J connectivity index is 1.59. The Bertz CT molecular complexity index is 1100. The molecule has 7 nitrogen and oxygen atoms in total. The van der Waals surface area contributed by atoms with E-state index in [1.165, 1.54) is 4.52 Å². The Kier molecular flexibility index (Phi) is 6.16. The topological polar surface area (TPSA) is 83.6 Å². The number of rotatable bonds is 5. The molecule has 1 fully saturated rings. The molecule has 0 aliphatic carbocycles. The van der Waals surface area contributed by atoms with Gasteiger partial charge < -0.3 is 5.11 Å². The summed E-state index contributed by atoms with van der Waals surface area (Å²) in [6, 6.07) is 6.54. The number of carboxylic acids is 1. The Labute approximate surface area is 188 Å². The number of hydrogen-bond donors (Lipinski definition) is 1. The average molecular weight is 469 g/mol. The smallest absolute Gasteiger partial charge is 0.320 e. The SMILES string of the molecule is CCC(C(=O)O)N1CCC(c2nc3cc(-c4ccc(Cl)cc4Cl)nc(Cl)n3n2)CC1. The zero-order chi connectivity index (χ0) is 21.4. The minimum absolute atomic E-state index is 0.145. The number of piperidine rings is 1. The molecule has 1 atom stereocenters. The van der Waals surface area contributed by atoms with Crippen LogP contribution < -0.4 is 0 Å². The predicted octanol–water partition coefficient (Wildman–Crippen LogP) is 4.79. The van der Waals surface area contributed by atoms with Crippen LogP contribution in [0, 0.1) is 0 Å². The molecule has 3 heterocycles. The molecule has 30 heavy (non-hydrogen) atoms. The van der Waals surface area contributed by atoms with Crippen molar-refractivity contribution in [2.24, 2.45) is 0 Å². The standard InChI is InChI=1S/C20H20Cl3N5O2/c1-2-16(19(29)30)27-7-5-11(6-8-27)18-25-17-10-15(24-20(23)28(17)26-18)13-4-3-12(21)9-14(13)22/h3-4,9-11,16H,2,5-8H2,1H3,(H,29,30). The number of hydrogen-bond acceptors (Lipinski definition) is 5. The van der Waals surface area contributed by atoms with Crippen molar-refractivity contribution in [3.05, 3.63) is 45.4 Å². The van der Waals surface area contributed by atoms with Crippen LogP contribution in [0.3, 0.4) is 0 Å². The predicted molar refractivity (Wildman–Crippen MR) is 117 cm³/mol. The minimum Gasteiger partial charge on any atom is -0.480 e. The molecule has 0 radical (unpaired) electrons. The van der Waals surface area contributed by atoms with Crippen LogP contribution in [0.25, 0.3) is 16.9 Å². The summed E-state index contributed by atoms with van der Waals surface area (Å²) in [5.41, 5.74) is 1.89. The first-order chi connectivity index (χ1) is 14.4. The molecule has 10 heteroatoms. The van der Waals surface area contributed by atoms with Gasteiger partial charge in [0.05, 0.1) is 10.7 Å². The zero-order valence-electron chi connectivity index (χ0n) is 16.2. The highest BCUT2D eigenvalue weighted by Crippen LogP contribution is 2.32. The molecule has 2 aromatic heterocycles. The maximum absolute atomic E-state index is 11.4. The fraction of sp³-hybridized carbons (Fsp3) is 0.400.